The number of aromatic nitrogens is 1. The summed E-state index contributed by atoms with van der Waals surface area (Å²) in [5, 5.41) is 2.93. The maximum atomic E-state index is 11.8. The zero-order valence-corrected chi connectivity index (χ0v) is 15.0. The van der Waals surface area contributed by atoms with Crippen LogP contribution in [0.1, 0.15) is 43.5 Å². The number of aryl methyl sites for hydroxylation is 1. The fraction of sp³-hybridized carbons (Fsp3) is 0.444. The second kappa shape index (κ2) is 8.11. The Morgan fingerprint density at radius 3 is 2.65 bits per heavy atom. The van der Waals surface area contributed by atoms with Gasteiger partial charge in [-0.3, -0.25) is 4.79 Å². The molecule has 0 aliphatic heterocycles. The van der Waals surface area contributed by atoms with E-state index in [0.29, 0.717) is 13.2 Å². The Labute approximate surface area is 142 Å². The molecular weight excluding hydrogens is 308 g/mol. The molecule has 1 amide bonds. The van der Waals surface area contributed by atoms with Crippen molar-refractivity contribution in [3.05, 3.63) is 45.9 Å². The van der Waals surface area contributed by atoms with Crippen molar-refractivity contribution in [2.45, 2.75) is 53.3 Å². The number of carbonyl (C=O) groups is 1. The molecule has 0 aliphatic rings. The minimum Gasteiger partial charge on any atom is -0.486 e. The third kappa shape index (κ3) is 5.06. The van der Waals surface area contributed by atoms with Gasteiger partial charge in [-0.1, -0.05) is 24.6 Å². The smallest absolute Gasteiger partial charge is 0.220 e. The number of nitrogens with zero attached hydrogens (tertiary/aromatic N) is 2. The zero-order chi connectivity index (χ0) is 16.8. The number of rotatable bonds is 7. The third-order valence-electron chi connectivity index (χ3n) is 3.84. The van der Waals surface area contributed by atoms with E-state index in [-0.39, 0.29) is 11.9 Å². The Balaban J connectivity index is 1.94. The molecule has 0 spiro atoms. The summed E-state index contributed by atoms with van der Waals surface area (Å²) in [7, 11) is 0. The molecule has 0 radical (unpaired) electrons. The first-order chi connectivity index (χ1) is 11.0. The molecule has 1 aromatic carbocycles. The van der Waals surface area contributed by atoms with Crippen molar-refractivity contribution >= 4 is 17.2 Å². The van der Waals surface area contributed by atoms with Crippen molar-refractivity contribution in [3.63, 3.8) is 0 Å². The predicted molar refractivity (Wildman–Crippen MR) is 93.6 cm³/mol. The van der Waals surface area contributed by atoms with Gasteiger partial charge in [-0.15, -0.1) is 11.3 Å². The van der Waals surface area contributed by atoms with Crippen molar-refractivity contribution in [1.29, 1.82) is 0 Å². The van der Waals surface area contributed by atoms with Gasteiger partial charge in [0.25, 0.3) is 0 Å². The standard InChI is InChI=1S/C18H24N2O2S/c1-5-14(3)20(15(4)21)10-16-12-23-18(19-16)11-22-17-8-6-13(2)7-9-17/h6-9,12,14H,5,10-11H2,1-4H3. The highest BCUT2D eigenvalue weighted by atomic mass is 32.1. The van der Waals surface area contributed by atoms with Gasteiger partial charge in [-0.25, -0.2) is 4.98 Å². The van der Waals surface area contributed by atoms with Crippen LogP contribution in [-0.2, 0) is 17.9 Å². The summed E-state index contributed by atoms with van der Waals surface area (Å²) in [4.78, 5) is 18.2. The summed E-state index contributed by atoms with van der Waals surface area (Å²) in [6.07, 6.45) is 0.938. The first-order valence-corrected chi connectivity index (χ1v) is 8.77. The van der Waals surface area contributed by atoms with E-state index in [4.69, 9.17) is 4.74 Å². The second-order valence-corrected chi connectivity index (χ2v) is 6.68. The van der Waals surface area contributed by atoms with Crippen molar-refractivity contribution in [2.24, 2.45) is 0 Å². The molecule has 0 fully saturated rings. The van der Waals surface area contributed by atoms with E-state index in [0.717, 1.165) is 22.9 Å². The van der Waals surface area contributed by atoms with Crippen LogP contribution in [0.4, 0.5) is 0 Å². The second-order valence-electron chi connectivity index (χ2n) is 5.74. The third-order valence-corrected chi connectivity index (χ3v) is 4.71. The van der Waals surface area contributed by atoms with E-state index in [2.05, 4.69) is 25.8 Å². The Morgan fingerprint density at radius 1 is 1.35 bits per heavy atom. The van der Waals surface area contributed by atoms with Crippen LogP contribution >= 0.6 is 11.3 Å². The van der Waals surface area contributed by atoms with Gasteiger partial charge in [0.05, 0.1) is 12.2 Å². The lowest BCUT2D eigenvalue weighted by molar-refractivity contribution is -0.131. The van der Waals surface area contributed by atoms with Crippen LogP contribution in [0.2, 0.25) is 0 Å². The highest BCUT2D eigenvalue weighted by molar-refractivity contribution is 7.09. The van der Waals surface area contributed by atoms with Gasteiger partial charge in [-0.2, -0.15) is 0 Å². The molecule has 1 heterocycles. The summed E-state index contributed by atoms with van der Waals surface area (Å²) in [5.74, 6) is 0.933. The first kappa shape index (κ1) is 17.5. The molecule has 5 heteroatoms. The molecule has 2 rings (SSSR count). The van der Waals surface area contributed by atoms with Gasteiger partial charge in [0.2, 0.25) is 5.91 Å². The van der Waals surface area contributed by atoms with Gasteiger partial charge in [-0.05, 0) is 32.4 Å². The molecular formula is C18H24N2O2S. The number of amides is 1. The molecule has 0 saturated heterocycles. The van der Waals surface area contributed by atoms with Gasteiger partial charge >= 0.3 is 0 Å². The number of carbonyl (C=O) groups excluding carboxylic acids is 1. The number of hydrogen-bond acceptors (Lipinski definition) is 4. The molecule has 0 saturated carbocycles. The Kier molecular flexibility index (Phi) is 6.16. The van der Waals surface area contributed by atoms with E-state index >= 15 is 0 Å². The topological polar surface area (TPSA) is 42.4 Å². The minimum atomic E-state index is 0.0878. The number of ether oxygens (including phenoxy) is 1. The number of hydrogen-bond donors (Lipinski definition) is 0. The van der Waals surface area contributed by atoms with Gasteiger partial charge in [0.1, 0.15) is 17.4 Å². The predicted octanol–water partition coefficient (Wildman–Crippen LogP) is 4.18. The average molecular weight is 332 g/mol. The summed E-state index contributed by atoms with van der Waals surface area (Å²) < 4.78 is 5.75. The lowest BCUT2D eigenvalue weighted by Gasteiger charge is -2.26. The minimum absolute atomic E-state index is 0.0878. The molecule has 1 unspecified atom stereocenters. The maximum absolute atomic E-state index is 11.8. The quantitative estimate of drug-likeness (QED) is 0.764. The van der Waals surface area contributed by atoms with Gasteiger partial charge in [0.15, 0.2) is 0 Å². The van der Waals surface area contributed by atoms with Crippen LogP contribution in [0.15, 0.2) is 29.6 Å². The molecule has 23 heavy (non-hydrogen) atoms. The number of thiazole rings is 1. The molecule has 4 nitrogen and oxygen atoms in total. The fourth-order valence-electron chi connectivity index (χ4n) is 2.24. The summed E-state index contributed by atoms with van der Waals surface area (Å²) >= 11 is 1.57. The average Bonchev–Trinajstić information content (AvgIpc) is 2.99. The largest absolute Gasteiger partial charge is 0.486 e. The van der Waals surface area contributed by atoms with Crippen LogP contribution in [0.25, 0.3) is 0 Å². The zero-order valence-electron chi connectivity index (χ0n) is 14.2. The fourth-order valence-corrected chi connectivity index (χ4v) is 2.94. The number of benzene rings is 1. The maximum Gasteiger partial charge on any atom is 0.220 e. The summed E-state index contributed by atoms with van der Waals surface area (Å²) in [6, 6.07) is 8.20. The van der Waals surface area contributed by atoms with E-state index in [1.54, 1.807) is 18.3 Å². The molecule has 2 aromatic rings. The van der Waals surface area contributed by atoms with Gasteiger partial charge < -0.3 is 9.64 Å². The molecule has 1 aromatic heterocycles. The molecule has 0 N–H and O–H groups in total. The molecule has 0 aliphatic carbocycles. The normalized spacial score (nSPS) is 12.0. The van der Waals surface area contributed by atoms with E-state index in [1.165, 1.54) is 5.56 Å². The van der Waals surface area contributed by atoms with Gasteiger partial charge in [0, 0.05) is 18.3 Å². The Hall–Kier alpha value is -1.88. The van der Waals surface area contributed by atoms with Crippen molar-refractivity contribution in [1.82, 2.24) is 9.88 Å². The molecule has 1 atom stereocenters. The Bertz CT molecular complexity index is 637. The highest BCUT2D eigenvalue weighted by Gasteiger charge is 2.17. The van der Waals surface area contributed by atoms with Crippen LogP contribution in [0.5, 0.6) is 5.75 Å². The van der Waals surface area contributed by atoms with E-state index < -0.39 is 0 Å². The molecule has 0 bridgehead atoms. The van der Waals surface area contributed by atoms with Crippen LogP contribution in [0.3, 0.4) is 0 Å². The van der Waals surface area contributed by atoms with Crippen LogP contribution < -0.4 is 4.74 Å². The van der Waals surface area contributed by atoms with Crippen molar-refractivity contribution < 1.29 is 9.53 Å². The summed E-state index contributed by atoms with van der Waals surface area (Å²) in [6.45, 7) is 8.83. The van der Waals surface area contributed by atoms with E-state index in [9.17, 15) is 4.79 Å². The lowest BCUT2D eigenvalue weighted by Crippen LogP contribution is -2.36. The monoisotopic (exact) mass is 332 g/mol. The molecule has 124 valence electrons. The lowest BCUT2D eigenvalue weighted by atomic mass is 10.2. The first-order valence-electron chi connectivity index (χ1n) is 7.89. The SMILES string of the molecule is CCC(C)N(Cc1csc(COc2ccc(C)cc2)n1)C(C)=O. The van der Waals surface area contributed by atoms with Crippen molar-refractivity contribution in [3.8, 4) is 5.75 Å². The van der Waals surface area contributed by atoms with Crippen LogP contribution in [-0.4, -0.2) is 21.8 Å². The van der Waals surface area contributed by atoms with Crippen molar-refractivity contribution in [2.75, 3.05) is 0 Å². The van der Waals surface area contributed by atoms with Crippen LogP contribution in [0, 0.1) is 6.92 Å². The Morgan fingerprint density at radius 2 is 2.04 bits per heavy atom. The summed E-state index contributed by atoms with van der Waals surface area (Å²) in [5.41, 5.74) is 2.14. The van der Waals surface area contributed by atoms with E-state index in [1.807, 2.05) is 34.5 Å². The highest BCUT2D eigenvalue weighted by Crippen LogP contribution is 2.18.